The molecule has 0 aliphatic carbocycles. The van der Waals surface area contributed by atoms with E-state index in [9.17, 15) is 4.79 Å². The fourth-order valence-electron chi connectivity index (χ4n) is 2.85. The number of anilines is 3. The first-order valence-corrected chi connectivity index (χ1v) is 8.07. The van der Waals surface area contributed by atoms with Gasteiger partial charge in [-0.2, -0.15) is 0 Å². The van der Waals surface area contributed by atoms with Crippen molar-refractivity contribution in [2.45, 2.75) is 12.8 Å². The molecular weight excluding hydrogens is 286 g/mol. The molecule has 1 fully saturated rings. The zero-order valence-electron chi connectivity index (χ0n) is 13.7. The Hall–Kier alpha value is -2.49. The van der Waals surface area contributed by atoms with E-state index in [4.69, 9.17) is 0 Å². The molecule has 2 aromatic rings. The van der Waals surface area contributed by atoms with Crippen LogP contribution in [0.2, 0.25) is 0 Å². The summed E-state index contributed by atoms with van der Waals surface area (Å²) < 4.78 is 0. The van der Waals surface area contributed by atoms with Gasteiger partial charge in [0.25, 0.3) is 5.91 Å². The second-order valence-electron chi connectivity index (χ2n) is 6.14. The SMILES string of the molecule is CN(C)c1ccc(C(=O)Nc2ccc(N3CCCC3)cc2)cc1. The van der Waals surface area contributed by atoms with E-state index in [0.29, 0.717) is 5.56 Å². The summed E-state index contributed by atoms with van der Waals surface area (Å²) in [5.41, 5.74) is 3.81. The maximum Gasteiger partial charge on any atom is 0.255 e. The third kappa shape index (κ3) is 3.65. The van der Waals surface area contributed by atoms with Gasteiger partial charge in [-0.1, -0.05) is 0 Å². The zero-order chi connectivity index (χ0) is 16.2. The molecule has 0 bridgehead atoms. The number of rotatable bonds is 4. The summed E-state index contributed by atoms with van der Waals surface area (Å²) in [5, 5.41) is 2.95. The van der Waals surface area contributed by atoms with Crippen LogP contribution < -0.4 is 15.1 Å². The molecule has 4 heteroatoms. The lowest BCUT2D eigenvalue weighted by atomic mass is 10.2. The van der Waals surface area contributed by atoms with Gasteiger partial charge >= 0.3 is 0 Å². The average Bonchev–Trinajstić information content (AvgIpc) is 3.10. The van der Waals surface area contributed by atoms with Crippen molar-refractivity contribution in [3.05, 3.63) is 54.1 Å². The lowest BCUT2D eigenvalue weighted by Gasteiger charge is -2.17. The van der Waals surface area contributed by atoms with Crippen LogP contribution in [0.5, 0.6) is 0 Å². The van der Waals surface area contributed by atoms with E-state index in [1.807, 2.05) is 55.4 Å². The molecule has 0 spiro atoms. The normalized spacial score (nSPS) is 13.9. The molecule has 3 rings (SSSR count). The third-order valence-corrected chi connectivity index (χ3v) is 4.24. The van der Waals surface area contributed by atoms with E-state index >= 15 is 0 Å². The van der Waals surface area contributed by atoms with Crippen molar-refractivity contribution in [2.24, 2.45) is 0 Å². The first-order valence-electron chi connectivity index (χ1n) is 8.07. The zero-order valence-corrected chi connectivity index (χ0v) is 13.7. The van der Waals surface area contributed by atoms with Crippen LogP contribution in [0.3, 0.4) is 0 Å². The summed E-state index contributed by atoms with van der Waals surface area (Å²) in [4.78, 5) is 16.7. The van der Waals surface area contributed by atoms with E-state index in [2.05, 4.69) is 22.3 Å². The van der Waals surface area contributed by atoms with Crippen LogP contribution in [0.25, 0.3) is 0 Å². The topological polar surface area (TPSA) is 35.6 Å². The Morgan fingerprint density at radius 1 is 0.957 bits per heavy atom. The van der Waals surface area contributed by atoms with Crippen molar-refractivity contribution in [3.8, 4) is 0 Å². The van der Waals surface area contributed by atoms with Gasteiger partial charge in [-0.3, -0.25) is 4.79 Å². The van der Waals surface area contributed by atoms with Gasteiger partial charge in [-0.25, -0.2) is 0 Å². The fraction of sp³-hybridized carbons (Fsp3) is 0.316. The average molecular weight is 309 g/mol. The summed E-state index contributed by atoms with van der Waals surface area (Å²) in [6.07, 6.45) is 2.53. The van der Waals surface area contributed by atoms with Crippen LogP contribution >= 0.6 is 0 Å². The monoisotopic (exact) mass is 309 g/mol. The van der Waals surface area contributed by atoms with Crippen molar-refractivity contribution >= 4 is 23.0 Å². The molecule has 1 amide bonds. The highest BCUT2D eigenvalue weighted by Crippen LogP contribution is 2.22. The van der Waals surface area contributed by atoms with Crippen LogP contribution in [0.15, 0.2) is 48.5 Å². The number of nitrogens with one attached hydrogen (secondary N) is 1. The molecule has 0 unspecified atom stereocenters. The van der Waals surface area contributed by atoms with Crippen molar-refractivity contribution < 1.29 is 4.79 Å². The van der Waals surface area contributed by atoms with Gasteiger partial charge in [0.2, 0.25) is 0 Å². The molecule has 1 aliphatic heterocycles. The molecule has 0 saturated carbocycles. The smallest absolute Gasteiger partial charge is 0.255 e. The third-order valence-electron chi connectivity index (χ3n) is 4.24. The Kier molecular flexibility index (Phi) is 4.51. The van der Waals surface area contributed by atoms with E-state index in [1.54, 1.807) is 0 Å². The van der Waals surface area contributed by atoms with Crippen molar-refractivity contribution in [3.63, 3.8) is 0 Å². The first-order chi connectivity index (χ1) is 11.1. The van der Waals surface area contributed by atoms with E-state index in [1.165, 1.54) is 18.5 Å². The Morgan fingerprint density at radius 2 is 1.57 bits per heavy atom. The number of nitrogens with zero attached hydrogens (tertiary/aromatic N) is 2. The van der Waals surface area contributed by atoms with Gasteiger partial charge in [-0.15, -0.1) is 0 Å². The summed E-state index contributed by atoms with van der Waals surface area (Å²) in [5.74, 6) is -0.0794. The molecule has 120 valence electrons. The predicted molar refractivity (Wildman–Crippen MR) is 96.6 cm³/mol. The Bertz CT molecular complexity index is 656. The maximum atomic E-state index is 12.3. The minimum atomic E-state index is -0.0794. The van der Waals surface area contributed by atoms with Gasteiger partial charge in [-0.05, 0) is 61.4 Å². The Balaban J connectivity index is 1.65. The van der Waals surface area contributed by atoms with Gasteiger partial charge in [0, 0.05) is 49.8 Å². The molecule has 1 aliphatic rings. The fourth-order valence-corrected chi connectivity index (χ4v) is 2.85. The minimum Gasteiger partial charge on any atom is -0.378 e. The largest absolute Gasteiger partial charge is 0.378 e. The predicted octanol–water partition coefficient (Wildman–Crippen LogP) is 3.61. The van der Waals surface area contributed by atoms with E-state index < -0.39 is 0 Å². The molecule has 0 aromatic heterocycles. The van der Waals surface area contributed by atoms with Crippen molar-refractivity contribution in [1.82, 2.24) is 0 Å². The minimum absolute atomic E-state index is 0.0794. The second kappa shape index (κ2) is 6.73. The van der Waals surface area contributed by atoms with Crippen LogP contribution in [-0.4, -0.2) is 33.1 Å². The van der Waals surface area contributed by atoms with Gasteiger partial charge in [0.1, 0.15) is 0 Å². The second-order valence-corrected chi connectivity index (χ2v) is 6.14. The molecule has 0 atom stereocenters. The number of hydrogen-bond acceptors (Lipinski definition) is 3. The van der Waals surface area contributed by atoms with Crippen molar-refractivity contribution in [1.29, 1.82) is 0 Å². The molecule has 4 nitrogen and oxygen atoms in total. The highest BCUT2D eigenvalue weighted by Gasteiger charge is 2.12. The molecule has 2 aromatic carbocycles. The summed E-state index contributed by atoms with van der Waals surface area (Å²) >= 11 is 0. The van der Waals surface area contributed by atoms with Gasteiger partial charge in [0.05, 0.1) is 0 Å². The molecule has 0 radical (unpaired) electrons. The lowest BCUT2D eigenvalue weighted by molar-refractivity contribution is 0.102. The van der Waals surface area contributed by atoms with E-state index in [-0.39, 0.29) is 5.91 Å². The number of carbonyl (C=O) groups excluding carboxylic acids is 1. The molecule has 1 N–H and O–H groups in total. The lowest BCUT2D eigenvalue weighted by Crippen LogP contribution is -2.17. The molecule has 1 saturated heterocycles. The van der Waals surface area contributed by atoms with Crippen LogP contribution in [0.4, 0.5) is 17.1 Å². The molecular formula is C19H23N3O. The number of benzene rings is 2. The number of hydrogen-bond donors (Lipinski definition) is 1. The molecule has 1 heterocycles. The van der Waals surface area contributed by atoms with Crippen molar-refractivity contribution in [2.75, 3.05) is 42.3 Å². The standard InChI is InChI=1S/C19H23N3O/c1-21(2)17-9-5-15(6-10-17)19(23)20-16-7-11-18(12-8-16)22-13-3-4-14-22/h5-12H,3-4,13-14H2,1-2H3,(H,20,23). The van der Waals surface area contributed by atoms with Gasteiger partial charge in [0.15, 0.2) is 0 Å². The summed E-state index contributed by atoms with van der Waals surface area (Å²) in [7, 11) is 3.97. The van der Waals surface area contributed by atoms with Crippen LogP contribution in [0, 0.1) is 0 Å². The number of carbonyl (C=O) groups is 1. The van der Waals surface area contributed by atoms with Crippen LogP contribution in [-0.2, 0) is 0 Å². The van der Waals surface area contributed by atoms with E-state index in [0.717, 1.165) is 24.5 Å². The Morgan fingerprint density at radius 3 is 2.13 bits per heavy atom. The first kappa shape index (κ1) is 15.4. The maximum absolute atomic E-state index is 12.3. The summed E-state index contributed by atoms with van der Waals surface area (Å²) in [6.45, 7) is 2.26. The molecule has 23 heavy (non-hydrogen) atoms. The Labute approximate surface area is 137 Å². The van der Waals surface area contributed by atoms with Crippen LogP contribution in [0.1, 0.15) is 23.2 Å². The van der Waals surface area contributed by atoms with Gasteiger partial charge < -0.3 is 15.1 Å². The highest BCUT2D eigenvalue weighted by atomic mass is 16.1. The number of amides is 1. The quantitative estimate of drug-likeness (QED) is 0.937. The summed E-state index contributed by atoms with van der Waals surface area (Å²) in [6, 6.07) is 15.7. The highest BCUT2D eigenvalue weighted by molar-refractivity contribution is 6.04.